The number of nitrogens with two attached hydrogens (primary N) is 1. The van der Waals surface area contributed by atoms with Gasteiger partial charge in [0.05, 0.1) is 0 Å². The van der Waals surface area contributed by atoms with Crippen molar-refractivity contribution in [1.82, 2.24) is 5.32 Å². The minimum atomic E-state index is 0.289. The van der Waals surface area contributed by atoms with Crippen LogP contribution in [0.4, 0.5) is 0 Å². The number of nitrogens with one attached hydrogen (secondary N) is 1. The SMILES string of the molecule is CCCCCCCCCCCCCCNCC(C)N. The maximum Gasteiger partial charge on any atom is 0.0136 e. The van der Waals surface area contributed by atoms with Gasteiger partial charge in [0.25, 0.3) is 0 Å². The molecule has 1 atom stereocenters. The van der Waals surface area contributed by atoms with Gasteiger partial charge in [0.1, 0.15) is 0 Å². The molecule has 2 nitrogen and oxygen atoms in total. The Morgan fingerprint density at radius 1 is 0.737 bits per heavy atom. The lowest BCUT2D eigenvalue weighted by molar-refractivity contribution is 0.529. The van der Waals surface area contributed by atoms with Crippen molar-refractivity contribution in [2.24, 2.45) is 5.73 Å². The highest BCUT2D eigenvalue weighted by Crippen LogP contribution is 2.11. The molecule has 0 aliphatic heterocycles. The maximum absolute atomic E-state index is 5.68. The van der Waals surface area contributed by atoms with Crippen LogP contribution in [0.3, 0.4) is 0 Å². The van der Waals surface area contributed by atoms with E-state index in [9.17, 15) is 0 Å². The molecule has 0 aromatic carbocycles. The van der Waals surface area contributed by atoms with E-state index < -0.39 is 0 Å². The van der Waals surface area contributed by atoms with Crippen molar-refractivity contribution >= 4 is 0 Å². The molecule has 116 valence electrons. The molecule has 19 heavy (non-hydrogen) atoms. The van der Waals surface area contributed by atoms with Gasteiger partial charge < -0.3 is 11.1 Å². The number of unbranched alkanes of at least 4 members (excludes halogenated alkanes) is 11. The Hall–Kier alpha value is -0.0800. The summed E-state index contributed by atoms with van der Waals surface area (Å²) in [6.45, 7) is 6.43. The second-order valence-electron chi connectivity index (χ2n) is 6.07. The van der Waals surface area contributed by atoms with Gasteiger partial charge in [0.15, 0.2) is 0 Å². The highest BCUT2D eigenvalue weighted by Gasteiger charge is 1.94. The van der Waals surface area contributed by atoms with Crippen LogP contribution in [0.2, 0.25) is 0 Å². The van der Waals surface area contributed by atoms with E-state index in [1.165, 1.54) is 77.0 Å². The summed E-state index contributed by atoms with van der Waals surface area (Å²) in [5.74, 6) is 0. The van der Waals surface area contributed by atoms with Gasteiger partial charge in [-0.2, -0.15) is 0 Å². The zero-order valence-electron chi connectivity index (χ0n) is 13.6. The highest BCUT2D eigenvalue weighted by molar-refractivity contribution is 4.57. The fourth-order valence-electron chi connectivity index (χ4n) is 2.42. The minimum Gasteiger partial charge on any atom is -0.327 e. The molecular formula is C17H38N2. The van der Waals surface area contributed by atoms with Crippen LogP contribution in [0, 0.1) is 0 Å². The maximum atomic E-state index is 5.68. The van der Waals surface area contributed by atoms with Crippen molar-refractivity contribution < 1.29 is 0 Å². The Balaban J connectivity index is 2.91. The van der Waals surface area contributed by atoms with E-state index in [0.29, 0.717) is 0 Å². The van der Waals surface area contributed by atoms with Crippen LogP contribution in [0.25, 0.3) is 0 Å². The zero-order chi connectivity index (χ0) is 14.2. The van der Waals surface area contributed by atoms with E-state index in [1.807, 2.05) is 0 Å². The third-order valence-corrected chi connectivity index (χ3v) is 3.67. The summed E-state index contributed by atoms with van der Waals surface area (Å²) >= 11 is 0. The van der Waals surface area contributed by atoms with E-state index in [1.54, 1.807) is 0 Å². The number of rotatable bonds is 15. The Bertz CT molecular complexity index is 157. The van der Waals surface area contributed by atoms with Crippen molar-refractivity contribution in [2.45, 2.75) is 96.9 Å². The second kappa shape index (κ2) is 16.0. The van der Waals surface area contributed by atoms with E-state index in [0.717, 1.165) is 13.1 Å². The van der Waals surface area contributed by atoms with Crippen LogP contribution in [-0.4, -0.2) is 19.1 Å². The number of hydrogen-bond donors (Lipinski definition) is 2. The molecular weight excluding hydrogens is 232 g/mol. The van der Waals surface area contributed by atoms with Gasteiger partial charge in [-0.1, -0.05) is 77.6 Å². The summed E-state index contributed by atoms with van der Waals surface area (Å²) in [5, 5.41) is 3.40. The summed E-state index contributed by atoms with van der Waals surface area (Å²) in [7, 11) is 0. The van der Waals surface area contributed by atoms with Gasteiger partial charge in [-0.15, -0.1) is 0 Å². The molecule has 0 saturated carbocycles. The third kappa shape index (κ3) is 17.9. The van der Waals surface area contributed by atoms with Crippen LogP contribution in [0.1, 0.15) is 90.9 Å². The highest BCUT2D eigenvalue weighted by atomic mass is 14.9. The molecule has 3 N–H and O–H groups in total. The molecule has 0 radical (unpaired) electrons. The quantitative estimate of drug-likeness (QED) is 0.426. The van der Waals surface area contributed by atoms with Gasteiger partial charge in [-0.3, -0.25) is 0 Å². The molecule has 0 aliphatic carbocycles. The van der Waals surface area contributed by atoms with Gasteiger partial charge in [-0.05, 0) is 19.9 Å². The molecule has 0 amide bonds. The molecule has 1 unspecified atom stereocenters. The molecule has 0 saturated heterocycles. The van der Waals surface area contributed by atoms with Crippen LogP contribution < -0.4 is 11.1 Å². The van der Waals surface area contributed by atoms with Gasteiger partial charge >= 0.3 is 0 Å². The monoisotopic (exact) mass is 270 g/mol. The Labute approximate surface area is 121 Å². The predicted octanol–water partition coefficient (Wildman–Crippen LogP) is 4.62. The normalized spacial score (nSPS) is 12.8. The van der Waals surface area contributed by atoms with E-state index in [-0.39, 0.29) is 6.04 Å². The van der Waals surface area contributed by atoms with Crippen molar-refractivity contribution in [1.29, 1.82) is 0 Å². The van der Waals surface area contributed by atoms with E-state index in [2.05, 4.69) is 19.2 Å². The average molecular weight is 271 g/mol. The van der Waals surface area contributed by atoms with Crippen molar-refractivity contribution in [3.63, 3.8) is 0 Å². The molecule has 2 heteroatoms. The first-order valence-corrected chi connectivity index (χ1v) is 8.73. The minimum absolute atomic E-state index is 0.289. The van der Waals surface area contributed by atoms with Gasteiger partial charge in [-0.25, -0.2) is 0 Å². The first-order valence-electron chi connectivity index (χ1n) is 8.73. The predicted molar refractivity (Wildman–Crippen MR) is 87.6 cm³/mol. The first-order chi connectivity index (χ1) is 9.27. The molecule has 0 aromatic heterocycles. The van der Waals surface area contributed by atoms with Crippen LogP contribution in [0.15, 0.2) is 0 Å². The third-order valence-electron chi connectivity index (χ3n) is 3.67. The molecule has 0 heterocycles. The lowest BCUT2D eigenvalue weighted by atomic mass is 10.1. The lowest BCUT2D eigenvalue weighted by Crippen LogP contribution is -2.31. The molecule has 0 aliphatic rings. The van der Waals surface area contributed by atoms with Crippen molar-refractivity contribution in [2.75, 3.05) is 13.1 Å². The van der Waals surface area contributed by atoms with Crippen LogP contribution in [-0.2, 0) is 0 Å². The van der Waals surface area contributed by atoms with Crippen molar-refractivity contribution in [3.8, 4) is 0 Å². The van der Waals surface area contributed by atoms with Crippen LogP contribution in [0.5, 0.6) is 0 Å². The van der Waals surface area contributed by atoms with Crippen molar-refractivity contribution in [3.05, 3.63) is 0 Å². The molecule has 0 spiro atoms. The van der Waals surface area contributed by atoms with Gasteiger partial charge in [0.2, 0.25) is 0 Å². The topological polar surface area (TPSA) is 38.0 Å². The summed E-state index contributed by atoms with van der Waals surface area (Å²) in [6.07, 6.45) is 17.0. The van der Waals surface area contributed by atoms with E-state index >= 15 is 0 Å². The summed E-state index contributed by atoms with van der Waals surface area (Å²) in [5.41, 5.74) is 5.68. The second-order valence-corrected chi connectivity index (χ2v) is 6.07. The molecule has 0 bridgehead atoms. The largest absolute Gasteiger partial charge is 0.327 e. The Kier molecular flexibility index (Phi) is 15.9. The lowest BCUT2D eigenvalue weighted by Gasteiger charge is -2.07. The summed E-state index contributed by atoms with van der Waals surface area (Å²) < 4.78 is 0. The molecule has 0 rings (SSSR count). The van der Waals surface area contributed by atoms with Gasteiger partial charge in [0, 0.05) is 12.6 Å². The summed E-state index contributed by atoms with van der Waals surface area (Å²) in [6, 6.07) is 0.289. The fraction of sp³-hybridized carbons (Fsp3) is 1.00. The smallest absolute Gasteiger partial charge is 0.0136 e. The average Bonchev–Trinajstić information content (AvgIpc) is 2.39. The summed E-state index contributed by atoms with van der Waals surface area (Å²) in [4.78, 5) is 0. The zero-order valence-corrected chi connectivity index (χ0v) is 13.6. The molecule has 0 aromatic rings. The Morgan fingerprint density at radius 2 is 1.16 bits per heavy atom. The first kappa shape index (κ1) is 18.9. The van der Waals surface area contributed by atoms with E-state index in [4.69, 9.17) is 5.73 Å². The fourth-order valence-corrected chi connectivity index (χ4v) is 2.42. The Morgan fingerprint density at radius 3 is 1.58 bits per heavy atom. The standard InChI is InChI=1S/C17H38N2/c1-3-4-5-6-7-8-9-10-11-12-13-14-15-19-16-17(2)18/h17,19H,3-16,18H2,1-2H3. The number of hydrogen-bond acceptors (Lipinski definition) is 2. The molecule has 0 fully saturated rings. The van der Waals surface area contributed by atoms with Crippen LogP contribution >= 0.6 is 0 Å².